The number of aliphatic hydroxyl groups is 1. The van der Waals surface area contributed by atoms with Gasteiger partial charge in [0.25, 0.3) is 0 Å². The number of thiazole rings is 1. The molecule has 1 saturated carbocycles. The summed E-state index contributed by atoms with van der Waals surface area (Å²) in [5.41, 5.74) is 0.363. The summed E-state index contributed by atoms with van der Waals surface area (Å²) in [6.45, 7) is 0.287. The van der Waals surface area contributed by atoms with E-state index in [4.69, 9.17) is 0 Å². The third-order valence-electron chi connectivity index (χ3n) is 3.65. The number of nitrogens with one attached hydrogen (secondary N) is 2. The quantitative estimate of drug-likeness (QED) is 0.813. The Morgan fingerprint density at radius 1 is 1.33 bits per heavy atom. The number of carbonyl (C=O) groups excluding carboxylic acids is 1. The van der Waals surface area contributed by atoms with Crippen LogP contribution in [-0.4, -0.2) is 28.3 Å². The van der Waals surface area contributed by atoms with Crippen LogP contribution in [0, 0.1) is 0 Å². The monoisotopic (exact) mass is 303 g/mol. The molecule has 1 fully saturated rings. The Hall–Kier alpha value is -1.92. The molecule has 0 spiro atoms. The Bertz CT molecular complexity index is 623. The number of aromatic nitrogens is 1. The molecule has 0 atom stereocenters. The number of amides is 2. The first kappa shape index (κ1) is 14.0. The highest BCUT2D eigenvalue weighted by Gasteiger charge is 2.34. The van der Waals surface area contributed by atoms with Crippen molar-refractivity contribution < 1.29 is 9.90 Å². The van der Waals surface area contributed by atoms with Crippen LogP contribution in [0.1, 0.15) is 19.3 Å². The first-order chi connectivity index (χ1) is 10.1. The third-order valence-corrected chi connectivity index (χ3v) is 4.61. The standard InChI is InChI=1S/C15H17N3O2S/c19-13(17-10-15(20)7-4-8-15)18-14-16-9-12(21-14)11-5-2-1-3-6-11/h1-3,5-6,9,20H,4,7-8,10H2,(H2,16,17,18,19). The SMILES string of the molecule is O=C(NCC1(O)CCC1)Nc1ncc(-c2ccccc2)s1. The fourth-order valence-corrected chi connectivity index (χ4v) is 3.03. The first-order valence-electron chi connectivity index (χ1n) is 6.93. The Labute approximate surface area is 127 Å². The summed E-state index contributed by atoms with van der Waals surface area (Å²) in [7, 11) is 0. The van der Waals surface area contributed by atoms with Crippen LogP contribution in [0.2, 0.25) is 0 Å². The van der Waals surface area contributed by atoms with Crippen LogP contribution in [0.15, 0.2) is 36.5 Å². The zero-order chi connectivity index (χ0) is 14.7. The minimum atomic E-state index is -0.713. The number of nitrogens with zero attached hydrogens (tertiary/aromatic N) is 1. The second-order valence-electron chi connectivity index (χ2n) is 5.28. The maximum absolute atomic E-state index is 11.8. The van der Waals surface area contributed by atoms with E-state index in [0.717, 1.165) is 29.7 Å². The average Bonchev–Trinajstić information content (AvgIpc) is 2.92. The highest BCUT2D eigenvalue weighted by atomic mass is 32.1. The first-order valence-corrected chi connectivity index (χ1v) is 7.75. The van der Waals surface area contributed by atoms with E-state index < -0.39 is 5.60 Å². The highest BCUT2D eigenvalue weighted by molar-refractivity contribution is 7.19. The van der Waals surface area contributed by atoms with Gasteiger partial charge in [0, 0.05) is 12.7 Å². The van der Waals surface area contributed by atoms with Crippen LogP contribution in [0.4, 0.5) is 9.93 Å². The van der Waals surface area contributed by atoms with E-state index in [0.29, 0.717) is 5.13 Å². The van der Waals surface area contributed by atoms with Gasteiger partial charge in [-0.1, -0.05) is 41.7 Å². The van der Waals surface area contributed by atoms with Gasteiger partial charge in [-0.2, -0.15) is 0 Å². The topological polar surface area (TPSA) is 74.2 Å². The molecule has 6 heteroatoms. The molecule has 1 aliphatic rings. The molecule has 1 aromatic heterocycles. The normalized spacial score (nSPS) is 16.0. The Morgan fingerprint density at radius 3 is 2.76 bits per heavy atom. The van der Waals surface area contributed by atoms with Gasteiger partial charge in [0.2, 0.25) is 0 Å². The lowest BCUT2D eigenvalue weighted by Gasteiger charge is -2.36. The van der Waals surface area contributed by atoms with Crippen molar-refractivity contribution in [2.75, 3.05) is 11.9 Å². The molecule has 1 aliphatic carbocycles. The maximum atomic E-state index is 11.8. The van der Waals surface area contributed by atoms with Crippen molar-refractivity contribution in [3.8, 4) is 10.4 Å². The van der Waals surface area contributed by atoms with Gasteiger partial charge >= 0.3 is 6.03 Å². The molecule has 3 rings (SSSR count). The summed E-state index contributed by atoms with van der Waals surface area (Å²) in [5, 5.41) is 15.9. The second-order valence-corrected chi connectivity index (χ2v) is 6.31. The number of urea groups is 1. The summed E-state index contributed by atoms with van der Waals surface area (Å²) in [6, 6.07) is 9.57. The molecular weight excluding hydrogens is 286 g/mol. The van der Waals surface area contributed by atoms with Gasteiger partial charge in [-0.3, -0.25) is 5.32 Å². The van der Waals surface area contributed by atoms with Crippen LogP contribution >= 0.6 is 11.3 Å². The molecule has 2 aromatic rings. The largest absolute Gasteiger partial charge is 0.388 e. The lowest BCUT2D eigenvalue weighted by Crippen LogP contribution is -2.48. The highest BCUT2D eigenvalue weighted by Crippen LogP contribution is 2.31. The van der Waals surface area contributed by atoms with E-state index in [1.54, 1.807) is 6.20 Å². The molecular formula is C15H17N3O2S. The fourth-order valence-electron chi connectivity index (χ4n) is 2.22. The van der Waals surface area contributed by atoms with E-state index in [2.05, 4.69) is 15.6 Å². The number of benzene rings is 1. The molecule has 0 unspecified atom stereocenters. The Morgan fingerprint density at radius 2 is 2.10 bits per heavy atom. The van der Waals surface area contributed by atoms with Crippen LogP contribution in [0.25, 0.3) is 10.4 Å². The Balaban J connectivity index is 1.56. The molecule has 5 nitrogen and oxygen atoms in total. The van der Waals surface area contributed by atoms with Crippen molar-refractivity contribution in [1.29, 1.82) is 0 Å². The van der Waals surface area contributed by atoms with Gasteiger partial charge in [0.1, 0.15) is 0 Å². The predicted molar refractivity (Wildman–Crippen MR) is 83.4 cm³/mol. The summed E-state index contributed by atoms with van der Waals surface area (Å²) in [5.74, 6) is 0. The van der Waals surface area contributed by atoms with Crippen molar-refractivity contribution >= 4 is 22.5 Å². The molecule has 3 N–H and O–H groups in total. The summed E-state index contributed by atoms with van der Waals surface area (Å²) in [6.07, 6.45) is 4.27. The number of hydrogen-bond acceptors (Lipinski definition) is 4. The summed E-state index contributed by atoms with van der Waals surface area (Å²) >= 11 is 1.42. The molecule has 0 bridgehead atoms. The van der Waals surface area contributed by atoms with E-state index in [1.165, 1.54) is 11.3 Å². The van der Waals surface area contributed by atoms with Gasteiger partial charge in [-0.05, 0) is 24.8 Å². The zero-order valence-corrected chi connectivity index (χ0v) is 12.3. The van der Waals surface area contributed by atoms with Crippen LogP contribution in [0.3, 0.4) is 0 Å². The number of hydrogen-bond donors (Lipinski definition) is 3. The molecule has 1 aromatic carbocycles. The fraction of sp³-hybridized carbons (Fsp3) is 0.333. The Kier molecular flexibility index (Phi) is 3.90. The number of rotatable bonds is 4. The van der Waals surface area contributed by atoms with Crippen LogP contribution in [0.5, 0.6) is 0 Å². The summed E-state index contributed by atoms with van der Waals surface area (Å²) in [4.78, 5) is 17.0. The minimum Gasteiger partial charge on any atom is -0.388 e. The minimum absolute atomic E-state index is 0.287. The van der Waals surface area contributed by atoms with Crippen molar-refractivity contribution in [3.63, 3.8) is 0 Å². The zero-order valence-electron chi connectivity index (χ0n) is 11.5. The molecule has 0 saturated heterocycles. The lowest BCUT2D eigenvalue weighted by molar-refractivity contribution is -0.0287. The molecule has 2 amide bonds. The van der Waals surface area contributed by atoms with Gasteiger partial charge in [-0.15, -0.1) is 0 Å². The van der Waals surface area contributed by atoms with Crippen LogP contribution in [-0.2, 0) is 0 Å². The van der Waals surface area contributed by atoms with Gasteiger partial charge in [-0.25, -0.2) is 9.78 Å². The van der Waals surface area contributed by atoms with E-state index in [9.17, 15) is 9.90 Å². The van der Waals surface area contributed by atoms with E-state index >= 15 is 0 Å². The third kappa shape index (κ3) is 3.40. The second kappa shape index (κ2) is 5.83. The average molecular weight is 303 g/mol. The molecule has 0 aliphatic heterocycles. The van der Waals surface area contributed by atoms with Gasteiger partial charge in [0.15, 0.2) is 5.13 Å². The molecule has 110 valence electrons. The van der Waals surface area contributed by atoms with Crippen molar-refractivity contribution in [2.24, 2.45) is 0 Å². The molecule has 0 radical (unpaired) electrons. The summed E-state index contributed by atoms with van der Waals surface area (Å²) < 4.78 is 0. The number of anilines is 1. The van der Waals surface area contributed by atoms with Crippen molar-refractivity contribution in [2.45, 2.75) is 24.9 Å². The van der Waals surface area contributed by atoms with Gasteiger partial charge < -0.3 is 10.4 Å². The molecule has 21 heavy (non-hydrogen) atoms. The lowest BCUT2D eigenvalue weighted by atomic mass is 9.80. The predicted octanol–water partition coefficient (Wildman–Crippen LogP) is 2.85. The molecule has 1 heterocycles. The smallest absolute Gasteiger partial charge is 0.321 e. The van der Waals surface area contributed by atoms with E-state index in [1.807, 2.05) is 30.3 Å². The van der Waals surface area contributed by atoms with Crippen LogP contribution < -0.4 is 10.6 Å². The van der Waals surface area contributed by atoms with Gasteiger partial charge in [0.05, 0.1) is 10.5 Å². The number of carbonyl (C=O) groups is 1. The maximum Gasteiger partial charge on any atom is 0.321 e. The van der Waals surface area contributed by atoms with Crippen molar-refractivity contribution in [3.05, 3.63) is 36.5 Å². The van der Waals surface area contributed by atoms with Crippen molar-refractivity contribution in [1.82, 2.24) is 10.3 Å². The van der Waals surface area contributed by atoms with E-state index in [-0.39, 0.29) is 12.6 Å².